The Bertz CT molecular complexity index is 881. The van der Waals surface area contributed by atoms with Gasteiger partial charge < -0.3 is 14.9 Å². The van der Waals surface area contributed by atoms with Crippen LogP contribution in [0.15, 0.2) is 54.1 Å². The third-order valence-electron chi connectivity index (χ3n) is 4.29. The number of hydrogen-bond acceptors (Lipinski definition) is 4. The van der Waals surface area contributed by atoms with Gasteiger partial charge in [0.1, 0.15) is 23.2 Å². The lowest BCUT2D eigenvalue weighted by atomic mass is 10.1. The van der Waals surface area contributed by atoms with E-state index in [2.05, 4.69) is 0 Å². The first-order valence-corrected chi connectivity index (χ1v) is 8.28. The van der Waals surface area contributed by atoms with Crippen LogP contribution >= 0.6 is 0 Å². The number of hydrogen-bond donors (Lipinski definition) is 1. The number of phenols is 1. The van der Waals surface area contributed by atoms with Gasteiger partial charge in [-0.05, 0) is 35.9 Å². The van der Waals surface area contributed by atoms with Gasteiger partial charge in [0.15, 0.2) is 0 Å². The summed E-state index contributed by atoms with van der Waals surface area (Å²) in [5.41, 5.74) is 1.12. The van der Waals surface area contributed by atoms with E-state index in [1.165, 1.54) is 24.3 Å². The largest absolute Gasteiger partial charge is 0.508 e. The fourth-order valence-corrected chi connectivity index (χ4v) is 2.95. The van der Waals surface area contributed by atoms with E-state index in [-0.39, 0.29) is 23.0 Å². The minimum Gasteiger partial charge on any atom is -0.508 e. The molecule has 0 bridgehead atoms. The van der Waals surface area contributed by atoms with Crippen molar-refractivity contribution in [2.45, 2.75) is 0 Å². The van der Waals surface area contributed by atoms with Gasteiger partial charge in [-0.1, -0.05) is 24.3 Å². The van der Waals surface area contributed by atoms with Gasteiger partial charge in [-0.3, -0.25) is 4.79 Å². The molecule has 132 valence electrons. The molecule has 0 spiro atoms. The third-order valence-corrected chi connectivity index (χ3v) is 4.29. The van der Waals surface area contributed by atoms with E-state index in [1.807, 2.05) is 11.0 Å². The van der Waals surface area contributed by atoms with Crippen LogP contribution in [0.4, 0.5) is 10.1 Å². The lowest BCUT2D eigenvalue weighted by Crippen LogP contribution is -2.49. The van der Waals surface area contributed by atoms with Crippen LogP contribution in [0.3, 0.4) is 0 Å². The normalized spacial score (nSPS) is 14.8. The van der Waals surface area contributed by atoms with Crippen molar-refractivity contribution in [2.24, 2.45) is 0 Å². The second-order valence-electron chi connectivity index (χ2n) is 6.00. The highest BCUT2D eigenvalue weighted by atomic mass is 19.1. The fourth-order valence-electron chi connectivity index (χ4n) is 2.95. The first-order chi connectivity index (χ1) is 12.6. The molecule has 0 aliphatic carbocycles. The van der Waals surface area contributed by atoms with Gasteiger partial charge in [-0.15, -0.1) is 0 Å². The molecule has 6 heteroatoms. The second-order valence-corrected chi connectivity index (χ2v) is 6.00. The maximum absolute atomic E-state index is 13.9. The number of halogens is 1. The molecule has 0 radical (unpaired) electrons. The van der Waals surface area contributed by atoms with Crippen LogP contribution in [0.2, 0.25) is 0 Å². The third kappa shape index (κ3) is 3.83. The summed E-state index contributed by atoms with van der Waals surface area (Å²) in [4.78, 5) is 16.1. The molecule has 1 aliphatic heterocycles. The Labute approximate surface area is 151 Å². The molecule has 1 N–H and O–H groups in total. The van der Waals surface area contributed by atoms with E-state index >= 15 is 0 Å². The number of benzene rings is 2. The number of carbonyl (C=O) groups excluding carboxylic acids is 1. The minimum atomic E-state index is -0.357. The van der Waals surface area contributed by atoms with Crippen LogP contribution in [0.1, 0.15) is 5.56 Å². The number of nitriles is 1. The fraction of sp³-hybridized carbons (Fsp3) is 0.200. The molecule has 0 unspecified atom stereocenters. The summed E-state index contributed by atoms with van der Waals surface area (Å²) in [6.07, 6.45) is 1.46. The summed E-state index contributed by atoms with van der Waals surface area (Å²) >= 11 is 0. The van der Waals surface area contributed by atoms with Gasteiger partial charge >= 0.3 is 0 Å². The van der Waals surface area contributed by atoms with Gasteiger partial charge in [0.05, 0.1) is 5.69 Å². The van der Waals surface area contributed by atoms with Gasteiger partial charge in [0.2, 0.25) is 0 Å². The zero-order valence-corrected chi connectivity index (χ0v) is 14.1. The van der Waals surface area contributed by atoms with Crippen LogP contribution in [0, 0.1) is 17.1 Å². The topological polar surface area (TPSA) is 67.6 Å². The van der Waals surface area contributed by atoms with E-state index in [4.69, 9.17) is 0 Å². The molecular formula is C20H18FN3O2. The number of amides is 1. The van der Waals surface area contributed by atoms with Crippen molar-refractivity contribution < 1.29 is 14.3 Å². The Balaban J connectivity index is 1.69. The first kappa shape index (κ1) is 17.5. The van der Waals surface area contributed by atoms with Gasteiger partial charge in [0, 0.05) is 26.2 Å². The van der Waals surface area contributed by atoms with Gasteiger partial charge in [0.25, 0.3) is 5.91 Å². The maximum Gasteiger partial charge on any atom is 0.264 e. The molecule has 2 aromatic rings. The Kier molecular flexibility index (Phi) is 5.18. The summed E-state index contributed by atoms with van der Waals surface area (Å²) in [5.74, 6) is -0.570. The van der Waals surface area contributed by atoms with E-state index in [0.717, 1.165) is 0 Å². The Hall–Kier alpha value is -3.33. The van der Waals surface area contributed by atoms with Crippen molar-refractivity contribution in [3.05, 3.63) is 65.5 Å². The van der Waals surface area contributed by atoms with Gasteiger partial charge in [-0.25, -0.2) is 4.39 Å². The first-order valence-electron chi connectivity index (χ1n) is 8.28. The Morgan fingerprint density at radius 1 is 1.12 bits per heavy atom. The van der Waals surface area contributed by atoms with Crippen LogP contribution < -0.4 is 4.90 Å². The lowest BCUT2D eigenvalue weighted by molar-refractivity contribution is -0.126. The van der Waals surface area contributed by atoms with Crippen molar-refractivity contribution >= 4 is 17.7 Å². The minimum absolute atomic E-state index is 0.00921. The molecule has 1 heterocycles. The molecule has 1 amide bonds. The molecular weight excluding hydrogens is 333 g/mol. The van der Waals surface area contributed by atoms with Crippen LogP contribution in [0.5, 0.6) is 5.75 Å². The summed E-state index contributed by atoms with van der Waals surface area (Å²) in [5, 5.41) is 18.8. The van der Waals surface area contributed by atoms with E-state index < -0.39 is 0 Å². The molecule has 2 aromatic carbocycles. The summed E-state index contributed by atoms with van der Waals surface area (Å²) in [6.45, 7) is 1.81. The highest BCUT2D eigenvalue weighted by Gasteiger charge is 2.24. The zero-order chi connectivity index (χ0) is 18.5. The molecule has 0 atom stereocenters. The summed E-state index contributed by atoms with van der Waals surface area (Å²) in [6, 6.07) is 14.9. The molecule has 26 heavy (non-hydrogen) atoms. The molecule has 1 aliphatic rings. The summed E-state index contributed by atoms with van der Waals surface area (Å²) < 4.78 is 13.9. The van der Waals surface area contributed by atoms with Gasteiger partial charge in [-0.2, -0.15) is 5.26 Å². The van der Waals surface area contributed by atoms with E-state index in [1.54, 1.807) is 35.2 Å². The Morgan fingerprint density at radius 2 is 1.85 bits per heavy atom. The molecule has 5 nitrogen and oxygen atoms in total. The molecule has 0 saturated carbocycles. The van der Waals surface area contributed by atoms with E-state index in [9.17, 15) is 19.6 Å². The lowest BCUT2D eigenvalue weighted by Gasteiger charge is -2.36. The molecule has 1 saturated heterocycles. The standard InChI is InChI=1S/C20H18FN3O2/c21-18-6-1-2-7-19(18)23-8-10-24(11-9-23)20(26)16(14-22)12-15-4-3-5-17(25)13-15/h1-7,12-13,25H,8-11H2/b16-12+. The van der Waals surface area contributed by atoms with E-state index in [0.29, 0.717) is 37.4 Å². The number of rotatable bonds is 3. The number of nitrogens with zero attached hydrogens (tertiary/aromatic N) is 3. The van der Waals surface area contributed by atoms with Crippen molar-refractivity contribution in [2.75, 3.05) is 31.1 Å². The summed E-state index contributed by atoms with van der Waals surface area (Å²) in [7, 11) is 0. The average Bonchev–Trinajstić information content (AvgIpc) is 2.66. The smallest absolute Gasteiger partial charge is 0.264 e. The second kappa shape index (κ2) is 7.70. The van der Waals surface area contributed by atoms with Crippen LogP contribution in [-0.4, -0.2) is 42.1 Å². The monoisotopic (exact) mass is 351 g/mol. The van der Waals surface area contributed by atoms with Crippen LogP contribution in [-0.2, 0) is 4.79 Å². The van der Waals surface area contributed by atoms with Crippen molar-refractivity contribution in [1.82, 2.24) is 4.90 Å². The number of para-hydroxylation sites is 1. The average molecular weight is 351 g/mol. The SMILES string of the molecule is N#C/C(=C\c1cccc(O)c1)C(=O)N1CCN(c2ccccc2F)CC1. The van der Waals surface area contributed by atoms with Crippen molar-refractivity contribution in [3.63, 3.8) is 0 Å². The number of aromatic hydroxyl groups is 1. The van der Waals surface area contributed by atoms with Crippen LogP contribution in [0.25, 0.3) is 6.08 Å². The number of piperazine rings is 1. The quantitative estimate of drug-likeness (QED) is 0.682. The number of phenolic OH excluding ortho intramolecular Hbond substituents is 1. The molecule has 1 fully saturated rings. The Morgan fingerprint density at radius 3 is 2.50 bits per heavy atom. The number of anilines is 1. The molecule has 3 rings (SSSR count). The maximum atomic E-state index is 13.9. The zero-order valence-electron chi connectivity index (χ0n) is 14.1. The van der Waals surface area contributed by atoms with Crippen molar-refractivity contribution in [1.29, 1.82) is 5.26 Å². The number of carbonyl (C=O) groups is 1. The highest BCUT2D eigenvalue weighted by molar-refractivity contribution is 6.01. The predicted molar refractivity (Wildman–Crippen MR) is 96.9 cm³/mol. The highest BCUT2D eigenvalue weighted by Crippen LogP contribution is 2.21. The van der Waals surface area contributed by atoms with Crippen molar-refractivity contribution in [3.8, 4) is 11.8 Å². The molecule has 0 aromatic heterocycles. The predicted octanol–water partition coefficient (Wildman–Crippen LogP) is 2.79.